The van der Waals surface area contributed by atoms with Gasteiger partial charge >= 0.3 is 0 Å². The summed E-state index contributed by atoms with van der Waals surface area (Å²) in [6, 6.07) is 5.85. The van der Waals surface area contributed by atoms with E-state index in [1.165, 1.54) is 0 Å². The predicted octanol–water partition coefficient (Wildman–Crippen LogP) is 3.60. The zero-order valence-corrected chi connectivity index (χ0v) is 14.4. The third-order valence-corrected chi connectivity index (χ3v) is 4.71. The fourth-order valence-electron chi connectivity index (χ4n) is 2.56. The van der Waals surface area contributed by atoms with E-state index in [9.17, 15) is 0 Å². The molecule has 0 spiro atoms. The Balaban J connectivity index is 1.96. The fourth-order valence-corrected chi connectivity index (χ4v) is 3.37. The molecule has 112 valence electrons. The van der Waals surface area contributed by atoms with E-state index in [-0.39, 0.29) is 11.6 Å². The lowest BCUT2D eigenvalue weighted by molar-refractivity contribution is -0.0517. The zero-order chi connectivity index (χ0) is 14.8. The Hall–Kier alpha value is -0.130. The van der Waals surface area contributed by atoms with Crippen molar-refractivity contribution in [2.75, 3.05) is 26.3 Å². The van der Waals surface area contributed by atoms with Crippen LogP contribution in [0.5, 0.6) is 0 Å². The van der Waals surface area contributed by atoms with Gasteiger partial charge < -0.3 is 10.5 Å². The average Bonchev–Trinajstić information content (AvgIpc) is 2.36. The number of benzene rings is 1. The molecule has 1 unspecified atom stereocenters. The van der Waals surface area contributed by atoms with Crippen LogP contribution < -0.4 is 5.73 Å². The number of hydrogen-bond donors (Lipinski definition) is 1. The molecule has 1 fully saturated rings. The van der Waals surface area contributed by atoms with Gasteiger partial charge in [-0.1, -0.05) is 33.6 Å². The quantitative estimate of drug-likeness (QED) is 0.890. The molecule has 2 rings (SSSR count). The van der Waals surface area contributed by atoms with Gasteiger partial charge in [-0.25, -0.2) is 0 Å². The second kappa shape index (κ2) is 6.75. The van der Waals surface area contributed by atoms with Gasteiger partial charge in [-0.05, 0) is 38.0 Å². The Bertz CT molecular complexity index is 467. The summed E-state index contributed by atoms with van der Waals surface area (Å²) in [6.07, 6.45) is 0.894. The number of rotatable bonds is 4. The van der Waals surface area contributed by atoms with Crippen LogP contribution in [0, 0.1) is 0 Å². The van der Waals surface area contributed by atoms with Crippen LogP contribution in [0.3, 0.4) is 0 Å². The lowest BCUT2D eigenvalue weighted by Gasteiger charge is -2.42. The van der Waals surface area contributed by atoms with Crippen molar-refractivity contribution in [3.05, 3.63) is 33.3 Å². The fraction of sp³-hybridized carbons (Fsp3) is 0.600. The Morgan fingerprint density at radius 1 is 1.50 bits per heavy atom. The third-order valence-electron chi connectivity index (χ3n) is 3.89. The van der Waals surface area contributed by atoms with Crippen molar-refractivity contribution in [1.82, 2.24) is 4.90 Å². The highest BCUT2D eigenvalue weighted by Gasteiger charge is 2.30. The molecule has 1 aliphatic rings. The molecule has 0 aliphatic carbocycles. The molecule has 3 nitrogen and oxygen atoms in total. The minimum atomic E-state index is -0.0331. The molecule has 0 aromatic heterocycles. The van der Waals surface area contributed by atoms with E-state index in [1.807, 2.05) is 18.2 Å². The summed E-state index contributed by atoms with van der Waals surface area (Å²) in [7, 11) is 0. The number of ether oxygens (including phenoxy) is 1. The third kappa shape index (κ3) is 3.95. The highest BCUT2D eigenvalue weighted by molar-refractivity contribution is 9.10. The number of nitrogens with two attached hydrogens (primary N) is 1. The standard InChI is InChI=1S/C15H22BrClN2O/c1-15(2)10-20-8-7-19(15)6-5-14(18)12-4-3-11(16)9-13(12)17/h3-4,9,14H,5-8,10,18H2,1-2H3. The van der Waals surface area contributed by atoms with Crippen molar-refractivity contribution < 1.29 is 4.74 Å². The van der Waals surface area contributed by atoms with E-state index in [4.69, 9.17) is 22.1 Å². The topological polar surface area (TPSA) is 38.5 Å². The number of hydrogen-bond acceptors (Lipinski definition) is 3. The molecule has 0 amide bonds. The lowest BCUT2D eigenvalue weighted by atomic mass is 9.99. The first-order chi connectivity index (χ1) is 9.40. The largest absolute Gasteiger partial charge is 0.378 e. The molecule has 1 aromatic rings. The van der Waals surface area contributed by atoms with E-state index >= 15 is 0 Å². The van der Waals surface area contributed by atoms with Gasteiger partial charge in [0.05, 0.1) is 13.2 Å². The number of halogens is 2. The second-order valence-electron chi connectivity index (χ2n) is 5.91. The van der Waals surface area contributed by atoms with Crippen LogP contribution in [-0.4, -0.2) is 36.7 Å². The SMILES string of the molecule is CC1(C)COCCN1CCC(N)c1ccc(Br)cc1Cl. The summed E-state index contributed by atoms with van der Waals surface area (Å²) in [6.45, 7) is 7.94. The summed E-state index contributed by atoms with van der Waals surface area (Å²) in [5.41, 5.74) is 7.39. The normalized spacial score (nSPS) is 20.9. The lowest BCUT2D eigenvalue weighted by Crippen LogP contribution is -2.53. The molecule has 1 saturated heterocycles. The molecular formula is C15H22BrClN2O. The van der Waals surface area contributed by atoms with Crippen LogP contribution in [0.25, 0.3) is 0 Å². The van der Waals surface area contributed by atoms with Gasteiger partial charge in [-0.15, -0.1) is 0 Å². The Kier molecular flexibility index (Phi) is 5.49. The van der Waals surface area contributed by atoms with Crippen molar-refractivity contribution in [1.29, 1.82) is 0 Å². The molecule has 0 radical (unpaired) electrons. The van der Waals surface area contributed by atoms with Gasteiger partial charge in [-0.3, -0.25) is 4.90 Å². The van der Waals surface area contributed by atoms with Gasteiger partial charge in [0.15, 0.2) is 0 Å². The van der Waals surface area contributed by atoms with Gasteiger partial charge in [-0.2, -0.15) is 0 Å². The van der Waals surface area contributed by atoms with Gasteiger partial charge in [0.2, 0.25) is 0 Å². The van der Waals surface area contributed by atoms with Crippen molar-refractivity contribution in [2.45, 2.75) is 31.8 Å². The van der Waals surface area contributed by atoms with E-state index < -0.39 is 0 Å². The molecule has 0 bridgehead atoms. The van der Waals surface area contributed by atoms with Crippen molar-refractivity contribution >= 4 is 27.5 Å². The minimum Gasteiger partial charge on any atom is -0.378 e. The molecule has 20 heavy (non-hydrogen) atoms. The van der Waals surface area contributed by atoms with E-state index in [0.29, 0.717) is 0 Å². The molecule has 1 aliphatic heterocycles. The highest BCUT2D eigenvalue weighted by atomic mass is 79.9. The van der Waals surface area contributed by atoms with Gasteiger partial charge in [0, 0.05) is 34.2 Å². The molecule has 1 atom stereocenters. The first-order valence-corrected chi connectivity index (χ1v) is 8.10. The highest BCUT2D eigenvalue weighted by Crippen LogP contribution is 2.28. The van der Waals surface area contributed by atoms with E-state index in [0.717, 1.165) is 47.8 Å². The van der Waals surface area contributed by atoms with Crippen molar-refractivity contribution in [3.63, 3.8) is 0 Å². The van der Waals surface area contributed by atoms with Gasteiger partial charge in [0.25, 0.3) is 0 Å². The van der Waals surface area contributed by atoms with Crippen molar-refractivity contribution in [3.8, 4) is 0 Å². The summed E-state index contributed by atoms with van der Waals surface area (Å²) < 4.78 is 6.52. The van der Waals surface area contributed by atoms with Crippen molar-refractivity contribution in [2.24, 2.45) is 5.73 Å². The second-order valence-corrected chi connectivity index (χ2v) is 7.24. The van der Waals surface area contributed by atoms with Crippen LogP contribution in [0.15, 0.2) is 22.7 Å². The number of nitrogens with zero attached hydrogens (tertiary/aromatic N) is 1. The summed E-state index contributed by atoms with van der Waals surface area (Å²) in [4.78, 5) is 2.45. The van der Waals surface area contributed by atoms with Crippen LogP contribution in [0.2, 0.25) is 5.02 Å². The van der Waals surface area contributed by atoms with E-state index in [1.54, 1.807) is 0 Å². The van der Waals surface area contributed by atoms with Crippen LogP contribution in [0.4, 0.5) is 0 Å². The summed E-state index contributed by atoms with van der Waals surface area (Å²) >= 11 is 9.67. The maximum atomic E-state index is 6.29. The van der Waals surface area contributed by atoms with E-state index in [2.05, 4.69) is 34.7 Å². The monoisotopic (exact) mass is 360 g/mol. The Morgan fingerprint density at radius 3 is 2.90 bits per heavy atom. The predicted molar refractivity (Wildman–Crippen MR) is 87.2 cm³/mol. The summed E-state index contributed by atoms with van der Waals surface area (Å²) in [5, 5.41) is 0.730. The maximum Gasteiger partial charge on any atom is 0.0645 e. The molecular weight excluding hydrogens is 340 g/mol. The van der Waals surface area contributed by atoms with Gasteiger partial charge in [0.1, 0.15) is 0 Å². The average molecular weight is 362 g/mol. The molecule has 0 saturated carbocycles. The first-order valence-electron chi connectivity index (χ1n) is 6.93. The summed E-state index contributed by atoms with van der Waals surface area (Å²) in [5.74, 6) is 0. The van der Waals surface area contributed by atoms with Crippen LogP contribution in [-0.2, 0) is 4.74 Å². The molecule has 1 aromatic carbocycles. The number of morpholine rings is 1. The van der Waals surface area contributed by atoms with Crippen LogP contribution >= 0.6 is 27.5 Å². The molecule has 2 N–H and O–H groups in total. The molecule has 5 heteroatoms. The maximum absolute atomic E-state index is 6.29. The van der Waals surface area contributed by atoms with Crippen LogP contribution in [0.1, 0.15) is 31.9 Å². The first kappa shape index (κ1) is 16.2. The Morgan fingerprint density at radius 2 is 2.25 bits per heavy atom. The minimum absolute atomic E-state index is 0.0331. The zero-order valence-electron chi connectivity index (χ0n) is 12.0. The smallest absolute Gasteiger partial charge is 0.0645 e. The Labute approximate surface area is 134 Å². The molecule has 1 heterocycles.